The number of amides is 1. The molecule has 0 saturated carbocycles. The highest BCUT2D eigenvalue weighted by molar-refractivity contribution is 7.99. The van der Waals surface area contributed by atoms with Crippen LogP contribution in [0.5, 0.6) is 0 Å². The van der Waals surface area contributed by atoms with Crippen LogP contribution in [-0.4, -0.2) is 64.3 Å². The summed E-state index contributed by atoms with van der Waals surface area (Å²) in [5, 5.41) is 9.58. The molecule has 1 aromatic heterocycles. The SMILES string of the molecule is Cc1ccc(-c2nnc(SCC(=O)N(C)[C@@H]3CCS(=O)(=O)C3)n2-c2ccccc2C(C)C)cc1. The summed E-state index contributed by atoms with van der Waals surface area (Å²) in [5.74, 6) is 1.23. The molecule has 1 aliphatic rings. The van der Waals surface area contributed by atoms with E-state index in [1.54, 1.807) is 11.9 Å². The second-order valence-corrected chi connectivity index (χ2v) is 12.2. The van der Waals surface area contributed by atoms with Crippen molar-refractivity contribution in [1.82, 2.24) is 19.7 Å². The fourth-order valence-corrected chi connectivity index (χ4v) is 6.81. The summed E-state index contributed by atoms with van der Waals surface area (Å²) in [6.07, 6.45) is 0.491. The average Bonchev–Trinajstić information content (AvgIpc) is 3.40. The maximum atomic E-state index is 12.9. The zero-order chi connectivity index (χ0) is 24.5. The van der Waals surface area contributed by atoms with E-state index in [0.717, 1.165) is 28.2 Å². The van der Waals surface area contributed by atoms with Crippen LogP contribution in [-0.2, 0) is 14.6 Å². The maximum absolute atomic E-state index is 12.9. The van der Waals surface area contributed by atoms with Crippen molar-refractivity contribution < 1.29 is 13.2 Å². The molecule has 34 heavy (non-hydrogen) atoms. The van der Waals surface area contributed by atoms with Gasteiger partial charge in [0.1, 0.15) is 0 Å². The molecule has 3 aromatic rings. The molecule has 1 fully saturated rings. The Kier molecular flexibility index (Phi) is 7.14. The van der Waals surface area contributed by atoms with E-state index >= 15 is 0 Å². The largest absolute Gasteiger partial charge is 0.341 e. The fraction of sp³-hybridized carbons (Fsp3) is 0.400. The monoisotopic (exact) mass is 498 g/mol. The van der Waals surface area contributed by atoms with Gasteiger partial charge in [-0.2, -0.15) is 0 Å². The second kappa shape index (κ2) is 9.92. The van der Waals surface area contributed by atoms with Crippen LogP contribution in [0.2, 0.25) is 0 Å². The number of thioether (sulfide) groups is 1. The van der Waals surface area contributed by atoms with Crippen LogP contribution in [0.3, 0.4) is 0 Å². The first kappa shape index (κ1) is 24.5. The molecule has 0 N–H and O–H groups in total. The smallest absolute Gasteiger partial charge is 0.233 e. The van der Waals surface area contributed by atoms with Gasteiger partial charge in [0, 0.05) is 18.7 Å². The Morgan fingerprint density at radius 3 is 2.50 bits per heavy atom. The van der Waals surface area contributed by atoms with E-state index in [-0.39, 0.29) is 29.2 Å². The number of hydrogen-bond acceptors (Lipinski definition) is 6. The highest BCUT2D eigenvalue weighted by Gasteiger charge is 2.33. The second-order valence-electron chi connectivity index (χ2n) is 9.07. The van der Waals surface area contributed by atoms with Gasteiger partial charge in [-0.25, -0.2) is 8.42 Å². The van der Waals surface area contributed by atoms with Crippen LogP contribution in [0, 0.1) is 6.92 Å². The minimum atomic E-state index is -3.05. The zero-order valence-corrected chi connectivity index (χ0v) is 21.6. The number of rotatable bonds is 7. The van der Waals surface area contributed by atoms with Crippen molar-refractivity contribution >= 4 is 27.5 Å². The Hall–Kier alpha value is -2.65. The lowest BCUT2D eigenvalue weighted by molar-refractivity contribution is -0.128. The van der Waals surface area contributed by atoms with Gasteiger partial charge in [-0.05, 0) is 30.9 Å². The summed E-state index contributed by atoms with van der Waals surface area (Å²) in [6, 6.07) is 16.1. The van der Waals surface area contributed by atoms with Gasteiger partial charge in [0.15, 0.2) is 20.8 Å². The molecule has 7 nitrogen and oxygen atoms in total. The van der Waals surface area contributed by atoms with E-state index in [0.29, 0.717) is 17.5 Å². The van der Waals surface area contributed by atoms with Crippen molar-refractivity contribution in [3.8, 4) is 17.1 Å². The van der Waals surface area contributed by atoms with E-state index < -0.39 is 9.84 Å². The highest BCUT2D eigenvalue weighted by Crippen LogP contribution is 2.32. The molecule has 180 valence electrons. The Morgan fingerprint density at radius 2 is 1.85 bits per heavy atom. The summed E-state index contributed by atoms with van der Waals surface area (Å²) < 4.78 is 25.7. The van der Waals surface area contributed by atoms with Crippen molar-refractivity contribution in [3.63, 3.8) is 0 Å². The molecule has 9 heteroatoms. The molecular formula is C25H30N4O3S2. The molecule has 0 unspecified atom stereocenters. The van der Waals surface area contributed by atoms with E-state index in [9.17, 15) is 13.2 Å². The number of para-hydroxylation sites is 1. The van der Waals surface area contributed by atoms with Crippen molar-refractivity contribution in [2.24, 2.45) is 0 Å². The average molecular weight is 499 g/mol. The number of aromatic nitrogens is 3. The zero-order valence-electron chi connectivity index (χ0n) is 19.9. The normalized spacial score (nSPS) is 17.3. The molecule has 1 saturated heterocycles. The molecule has 0 aliphatic carbocycles. The first-order chi connectivity index (χ1) is 16.2. The van der Waals surface area contributed by atoms with E-state index in [1.807, 2.05) is 47.9 Å². The first-order valence-corrected chi connectivity index (χ1v) is 14.2. The number of carbonyl (C=O) groups excluding carboxylic acids is 1. The molecule has 1 atom stereocenters. The van der Waals surface area contributed by atoms with Gasteiger partial charge in [0.2, 0.25) is 5.91 Å². The van der Waals surface area contributed by atoms with Crippen molar-refractivity contribution in [2.45, 2.75) is 44.3 Å². The van der Waals surface area contributed by atoms with E-state index in [2.05, 4.69) is 36.2 Å². The minimum Gasteiger partial charge on any atom is -0.341 e. The van der Waals surface area contributed by atoms with E-state index in [4.69, 9.17) is 0 Å². The summed E-state index contributed by atoms with van der Waals surface area (Å²) >= 11 is 1.32. The number of benzene rings is 2. The third-order valence-electron chi connectivity index (χ3n) is 6.22. The third-order valence-corrected chi connectivity index (χ3v) is 8.88. The lowest BCUT2D eigenvalue weighted by Crippen LogP contribution is -2.38. The molecule has 0 radical (unpaired) electrons. The van der Waals surface area contributed by atoms with Crippen LogP contribution in [0.15, 0.2) is 53.7 Å². The van der Waals surface area contributed by atoms with Gasteiger partial charge in [-0.1, -0.05) is 73.6 Å². The van der Waals surface area contributed by atoms with Gasteiger partial charge in [-0.3, -0.25) is 9.36 Å². The van der Waals surface area contributed by atoms with Crippen molar-refractivity contribution in [2.75, 3.05) is 24.3 Å². The third kappa shape index (κ3) is 5.20. The summed E-state index contributed by atoms with van der Waals surface area (Å²) in [5.41, 5.74) is 4.26. The molecule has 0 bridgehead atoms. The number of carbonyl (C=O) groups is 1. The number of aryl methyl sites for hydroxylation is 1. The minimum absolute atomic E-state index is 0.0371. The molecular weight excluding hydrogens is 468 g/mol. The number of sulfone groups is 1. The standard InChI is InChI=1S/C25H30N4O3S2/c1-17(2)21-7-5-6-8-22(21)29-24(19-11-9-18(3)10-12-19)26-27-25(29)33-15-23(30)28(4)20-13-14-34(31,32)16-20/h5-12,17,20H,13-16H2,1-4H3/t20-/m1/s1. The Labute approximate surface area is 205 Å². The van der Waals surface area contributed by atoms with Gasteiger partial charge < -0.3 is 4.90 Å². The van der Waals surface area contributed by atoms with Crippen LogP contribution in [0.1, 0.15) is 37.3 Å². The van der Waals surface area contributed by atoms with Gasteiger partial charge >= 0.3 is 0 Å². The number of hydrogen-bond donors (Lipinski definition) is 0. The van der Waals surface area contributed by atoms with Crippen LogP contribution in [0.4, 0.5) is 0 Å². The lowest BCUT2D eigenvalue weighted by Gasteiger charge is -2.23. The molecule has 1 aliphatic heterocycles. The predicted molar refractivity (Wildman–Crippen MR) is 136 cm³/mol. The van der Waals surface area contributed by atoms with Crippen LogP contribution < -0.4 is 0 Å². The molecule has 1 amide bonds. The summed E-state index contributed by atoms with van der Waals surface area (Å²) in [4.78, 5) is 14.5. The lowest BCUT2D eigenvalue weighted by atomic mass is 10.0. The van der Waals surface area contributed by atoms with Crippen molar-refractivity contribution in [3.05, 3.63) is 59.7 Å². The van der Waals surface area contributed by atoms with Crippen LogP contribution in [0.25, 0.3) is 17.1 Å². The first-order valence-electron chi connectivity index (χ1n) is 11.4. The Bertz CT molecular complexity index is 1280. The van der Waals surface area contributed by atoms with Crippen molar-refractivity contribution in [1.29, 1.82) is 0 Å². The quantitative estimate of drug-likeness (QED) is 0.456. The highest BCUT2D eigenvalue weighted by atomic mass is 32.2. The Balaban J connectivity index is 1.65. The Morgan fingerprint density at radius 1 is 1.15 bits per heavy atom. The molecule has 2 heterocycles. The topological polar surface area (TPSA) is 85.2 Å². The van der Waals surface area contributed by atoms with Crippen LogP contribution >= 0.6 is 11.8 Å². The molecule has 2 aromatic carbocycles. The summed E-state index contributed by atoms with van der Waals surface area (Å²) in [7, 11) is -1.37. The molecule has 4 rings (SSSR count). The predicted octanol–water partition coefficient (Wildman–Crippen LogP) is 4.10. The van der Waals surface area contributed by atoms with Gasteiger partial charge in [0.05, 0.1) is 22.9 Å². The van der Waals surface area contributed by atoms with E-state index in [1.165, 1.54) is 11.8 Å². The maximum Gasteiger partial charge on any atom is 0.233 e. The summed E-state index contributed by atoms with van der Waals surface area (Å²) in [6.45, 7) is 6.34. The molecule has 0 spiro atoms. The number of nitrogens with zero attached hydrogens (tertiary/aromatic N) is 4. The van der Waals surface area contributed by atoms with Gasteiger partial charge in [0.25, 0.3) is 0 Å². The fourth-order valence-electron chi connectivity index (χ4n) is 4.16. The van der Waals surface area contributed by atoms with Gasteiger partial charge in [-0.15, -0.1) is 10.2 Å².